The molecule has 0 aliphatic rings. The molecule has 2 N–H and O–H groups in total. The third kappa shape index (κ3) is 2.37. The third-order valence-corrected chi connectivity index (χ3v) is 5.12. The number of hydrogen-bond acceptors (Lipinski definition) is 5. The first kappa shape index (κ1) is 12.6. The van der Waals surface area contributed by atoms with Gasteiger partial charge in [-0.1, -0.05) is 6.92 Å². The quantitative estimate of drug-likeness (QED) is 0.891. The van der Waals surface area contributed by atoms with Crippen molar-refractivity contribution >= 4 is 27.2 Å². The van der Waals surface area contributed by atoms with Crippen LogP contribution in [0.4, 0.5) is 5.82 Å². The highest BCUT2D eigenvalue weighted by Gasteiger charge is 2.19. The lowest BCUT2D eigenvalue weighted by atomic mass is 10.3. The Bertz CT molecular complexity index is 694. The lowest BCUT2D eigenvalue weighted by molar-refractivity contribution is 0.603. The Hall–Kier alpha value is -1.85. The fourth-order valence-corrected chi connectivity index (χ4v) is 3.54. The second kappa shape index (κ2) is 4.80. The first-order chi connectivity index (χ1) is 8.56. The molecule has 0 aromatic carbocycles. The molecule has 94 valence electrons. The Morgan fingerprint density at radius 2 is 2.33 bits per heavy atom. The van der Waals surface area contributed by atoms with Crippen LogP contribution < -0.4 is 4.72 Å². The van der Waals surface area contributed by atoms with Gasteiger partial charge in [-0.25, -0.2) is 8.42 Å². The van der Waals surface area contributed by atoms with E-state index in [2.05, 4.69) is 14.9 Å². The molecule has 8 heteroatoms. The van der Waals surface area contributed by atoms with E-state index in [1.807, 2.05) is 13.0 Å². The predicted octanol–water partition coefficient (Wildman–Crippen LogP) is 1.71. The zero-order valence-electron chi connectivity index (χ0n) is 9.47. The molecular formula is C10H10N4O2S2. The van der Waals surface area contributed by atoms with Crippen LogP contribution in [0.2, 0.25) is 0 Å². The molecule has 0 fully saturated rings. The summed E-state index contributed by atoms with van der Waals surface area (Å²) in [5.41, 5.74) is 0.788. The number of aromatic amines is 1. The van der Waals surface area contributed by atoms with E-state index in [1.165, 1.54) is 12.1 Å². The van der Waals surface area contributed by atoms with Crippen molar-refractivity contribution in [2.75, 3.05) is 4.72 Å². The summed E-state index contributed by atoms with van der Waals surface area (Å²) in [6.45, 7) is 1.90. The van der Waals surface area contributed by atoms with E-state index in [4.69, 9.17) is 5.26 Å². The number of nitrogens with zero attached hydrogens (tertiary/aromatic N) is 2. The van der Waals surface area contributed by atoms with E-state index in [9.17, 15) is 8.42 Å². The predicted molar refractivity (Wildman–Crippen MR) is 67.8 cm³/mol. The molecule has 0 radical (unpaired) electrons. The lowest BCUT2D eigenvalue weighted by Gasteiger charge is -2.05. The van der Waals surface area contributed by atoms with Crippen LogP contribution in [0.15, 0.2) is 22.5 Å². The van der Waals surface area contributed by atoms with E-state index in [0.717, 1.165) is 16.9 Å². The van der Waals surface area contributed by atoms with Gasteiger partial charge in [-0.15, -0.1) is 11.3 Å². The van der Waals surface area contributed by atoms with Crippen LogP contribution in [0.3, 0.4) is 0 Å². The highest BCUT2D eigenvalue weighted by Crippen LogP contribution is 2.24. The fraction of sp³-hybridized carbons (Fsp3) is 0.200. The monoisotopic (exact) mass is 282 g/mol. The number of sulfonamides is 1. The van der Waals surface area contributed by atoms with Crippen LogP contribution >= 0.6 is 11.3 Å². The highest BCUT2D eigenvalue weighted by molar-refractivity contribution is 7.94. The summed E-state index contributed by atoms with van der Waals surface area (Å²) < 4.78 is 26.6. The number of H-pyrrole nitrogens is 1. The summed E-state index contributed by atoms with van der Waals surface area (Å²) in [6.07, 6.45) is 2.25. The molecule has 18 heavy (non-hydrogen) atoms. The van der Waals surface area contributed by atoms with Crippen LogP contribution in [0, 0.1) is 11.3 Å². The smallest absolute Gasteiger partial charge is 0.263 e. The summed E-state index contributed by atoms with van der Waals surface area (Å²) >= 11 is 0.929. The summed E-state index contributed by atoms with van der Waals surface area (Å²) in [7, 11) is -3.66. The number of hydrogen-bond donors (Lipinski definition) is 2. The minimum Gasteiger partial charge on any atom is -0.263 e. The Morgan fingerprint density at radius 3 is 2.94 bits per heavy atom. The number of rotatable bonds is 4. The van der Waals surface area contributed by atoms with Crippen molar-refractivity contribution in [2.24, 2.45) is 0 Å². The van der Waals surface area contributed by atoms with Gasteiger partial charge in [0, 0.05) is 5.56 Å². The van der Waals surface area contributed by atoms with Crippen molar-refractivity contribution in [1.29, 1.82) is 5.26 Å². The zero-order chi connectivity index (χ0) is 13.2. The topological polar surface area (TPSA) is 98.6 Å². The second-order valence-corrected chi connectivity index (χ2v) is 6.45. The Labute approximate surface area is 108 Å². The van der Waals surface area contributed by atoms with Crippen molar-refractivity contribution < 1.29 is 8.42 Å². The molecule has 0 bridgehead atoms. The summed E-state index contributed by atoms with van der Waals surface area (Å²) in [6, 6.07) is 4.80. The molecule has 0 aliphatic heterocycles. The second-order valence-electron chi connectivity index (χ2n) is 3.46. The van der Waals surface area contributed by atoms with E-state index in [-0.39, 0.29) is 4.21 Å². The molecule has 0 saturated carbocycles. The fourth-order valence-electron chi connectivity index (χ4n) is 1.38. The van der Waals surface area contributed by atoms with Crippen LogP contribution in [0.5, 0.6) is 0 Å². The number of nitriles is 1. The molecular weight excluding hydrogens is 272 g/mol. The minimum absolute atomic E-state index is 0.107. The molecule has 2 rings (SSSR count). The van der Waals surface area contributed by atoms with Gasteiger partial charge in [0.15, 0.2) is 0 Å². The number of aromatic nitrogens is 2. The van der Waals surface area contributed by atoms with Crippen LogP contribution in [-0.4, -0.2) is 18.6 Å². The molecule has 0 spiro atoms. The molecule has 6 nitrogen and oxygen atoms in total. The zero-order valence-corrected chi connectivity index (χ0v) is 11.1. The normalized spacial score (nSPS) is 11.1. The summed E-state index contributed by atoms with van der Waals surface area (Å²) in [5.74, 6) is 0.365. The Morgan fingerprint density at radius 1 is 1.56 bits per heavy atom. The van der Waals surface area contributed by atoms with Crippen molar-refractivity contribution in [3.63, 3.8) is 0 Å². The Kier molecular flexibility index (Phi) is 3.36. The summed E-state index contributed by atoms with van der Waals surface area (Å²) in [4.78, 5) is 0.357. The van der Waals surface area contributed by atoms with Crippen molar-refractivity contribution in [2.45, 2.75) is 17.6 Å². The maximum Gasteiger partial charge on any atom is 0.272 e. The van der Waals surface area contributed by atoms with Crippen molar-refractivity contribution in [3.8, 4) is 6.07 Å². The van der Waals surface area contributed by atoms with E-state index >= 15 is 0 Å². The van der Waals surface area contributed by atoms with Gasteiger partial charge >= 0.3 is 0 Å². The van der Waals surface area contributed by atoms with E-state index in [0.29, 0.717) is 17.1 Å². The van der Waals surface area contributed by atoms with Gasteiger partial charge in [0.2, 0.25) is 0 Å². The molecule has 2 heterocycles. The van der Waals surface area contributed by atoms with E-state index in [1.54, 1.807) is 6.20 Å². The molecule has 0 amide bonds. The standard InChI is InChI=1S/C10H10N4O2S2/c1-2-7-6-12-13-10(7)14-18(15,16)9-4-3-8(5-11)17-9/h3-4,6H,2H2,1H3,(H2,12,13,14). The molecule has 2 aromatic heterocycles. The third-order valence-electron chi connectivity index (χ3n) is 2.29. The minimum atomic E-state index is -3.66. The number of thiophene rings is 1. The molecule has 0 aliphatic carbocycles. The largest absolute Gasteiger partial charge is 0.272 e. The van der Waals surface area contributed by atoms with Crippen LogP contribution in [0.1, 0.15) is 17.4 Å². The van der Waals surface area contributed by atoms with Crippen molar-refractivity contribution in [3.05, 3.63) is 28.8 Å². The maximum absolute atomic E-state index is 12.0. The lowest BCUT2D eigenvalue weighted by Crippen LogP contribution is -2.12. The highest BCUT2D eigenvalue weighted by atomic mass is 32.2. The molecule has 0 atom stereocenters. The van der Waals surface area contributed by atoms with Gasteiger partial charge in [0.25, 0.3) is 10.0 Å². The first-order valence-electron chi connectivity index (χ1n) is 5.12. The molecule has 0 saturated heterocycles. The van der Waals surface area contributed by atoms with Crippen molar-refractivity contribution in [1.82, 2.24) is 10.2 Å². The number of anilines is 1. The Balaban J connectivity index is 2.30. The average molecular weight is 282 g/mol. The number of nitrogens with one attached hydrogen (secondary N) is 2. The van der Waals surface area contributed by atoms with Gasteiger partial charge in [0.05, 0.1) is 6.20 Å². The van der Waals surface area contributed by atoms with Gasteiger partial charge in [0.1, 0.15) is 21.0 Å². The SMILES string of the molecule is CCc1cn[nH]c1NS(=O)(=O)c1ccc(C#N)s1. The first-order valence-corrected chi connectivity index (χ1v) is 7.41. The maximum atomic E-state index is 12.0. The van der Waals surface area contributed by atoms with Crippen LogP contribution in [-0.2, 0) is 16.4 Å². The molecule has 0 unspecified atom stereocenters. The van der Waals surface area contributed by atoms with E-state index < -0.39 is 10.0 Å². The van der Waals surface area contributed by atoms with Gasteiger partial charge in [-0.05, 0) is 18.6 Å². The van der Waals surface area contributed by atoms with Gasteiger partial charge < -0.3 is 0 Å². The summed E-state index contributed by atoms with van der Waals surface area (Å²) in [5, 5.41) is 15.1. The van der Waals surface area contributed by atoms with Crippen LogP contribution in [0.25, 0.3) is 0 Å². The molecule has 2 aromatic rings. The number of aryl methyl sites for hydroxylation is 1. The van der Waals surface area contributed by atoms with Gasteiger partial charge in [-0.2, -0.15) is 10.4 Å². The van der Waals surface area contributed by atoms with Gasteiger partial charge in [-0.3, -0.25) is 9.82 Å². The average Bonchev–Trinajstić information content (AvgIpc) is 2.96.